The van der Waals surface area contributed by atoms with E-state index in [9.17, 15) is 14.4 Å². The fourth-order valence-corrected chi connectivity index (χ4v) is 4.39. The van der Waals surface area contributed by atoms with Crippen molar-refractivity contribution in [3.05, 3.63) is 64.7 Å². The number of hydrogen-bond donors (Lipinski definition) is 3. The quantitative estimate of drug-likeness (QED) is 0.615. The number of amides is 2. The number of carbonyl (C=O) groups is 3. The van der Waals surface area contributed by atoms with Crippen LogP contribution in [0.5, 0.6) is 0 Å². The Morgan fingerprint density at radius 2 is 1.84 bits per heavy atom. The Morgan fingerprint density at radius 1 is 1.16 bits per heavy atom. The maximum absolute atomic E-state index is 12.7. The van der Waals surface area contributed by atoms with E-state index in [1.807, 2.05) is 30.3 Å². The van der Waals surface area contributed by atoms with Gasteiger partial charge < -0.3 is 20.6 Å². The summed E-state index contributed by atoms with van der Waals surface area (Å²) in [6, 6.07) is 12.6. The van der Waals surface area contributed by atoms with E-state index in [1.165, 1.54) is 5.56 Å². The molecule has 0 saturated carbocycles. The van der Waals surface area contributed by atoms with Gasteiger partial charge in [-0.3, -0.25) is 14.4 Å². The average Bonchev–Trinajstić information content (AvgIpc) is 3.10. The Morgan fingerprint density at radius 3 is 2.50 bits per heavy atom. The summed E-state index contributed by atoms with van der Waals surface area (Å²) in [5.41, 5.74) is 3.73. The molecule has 1 unspecified atom stereocenters. The summed E-state index contributed by atoms with van der Waals surface area (Å²) >= 11 is 0. The summed E-state index contributed by atoms with van der Waals surface area (Å²) in [5, 5.41) is 15.2. The van der Waals surface area contributed by atoms with Crippen molar-refractivity contribution in [3.8, 4) is 0 Å². The first kappa shape index (κ1) is 23.8. The van der Waals surface area contributed by atoms with Crippen LogP contribution in [0.15, 0.2) is 42.5 Å². The first-order valence-electron chi connectivity index (χ1n) is 10.7. The number of fused-ring (bicyclic) bond motifs is 1. The second kappa shape index (κ2) is 10.1. The lowest BCUT2D eigenvalue weighted by molar-refractivity contribution is -0.138. The lowest BCUT2D eigenvalue weighted by atomic mass is 9.90. The standard InChI is InChI=1S/C24H27N3O4.ClH/c1-15(12-22(28)29)27-14-19-6-7-20(13-21(19)24(27)31)26-23(30)18-4-2-16(3-5-18)17-8-10-25-11-9-17;/h2-7,13,15,17,25H,8-12,14H2,1H3,(H,26,30)(H,28,29);1H. The predicted molar refractivity (Wildman–Crippen MR) is 125 cm³/mol. The van der Waals surface area contributed by atoms with E-state index < -0.39 is 12.0 Å². The number of nitrogens with zero attached hydrogens (tertiary/aromatic N) is 1. The summed E-state index contributed by atoms with van der Waals surface area (Å²) < 4.78 is 0. The molecule has 0 bridgehead atoms. The Bertz CT molecular complexity index is 1000. The van der Waals surface area contributed by atoms with E-state index >= 15 is 0 Å². The number of nitrogens with one attached hydrogen (secondary N) is 2. The molecule has 0 aromatic heterocycles. The minimum Gasteiger partial charge on any atom is -0.481 e. The van der Waals surface area contributed by atoms with Crippen molar-refractivity contribution in [1.29, 1.82) is 0 Å². The van der Waals surface area contributed by atoms with Crippen LogP contribution in [0.1, 0.15) is 63.9 Å². The van der Waals surface area contributed by atoms with Crippen molar-refractivity contribution in [2.75, 3.05) is 18.4 Å². The van der Waals surface area contributed by atoms with Crippen molar-refractivity contribution in [1.82, 2.24) is 10.2 Å². The van der Waals surface area contributed by atoms with Crippen molar-refractivity contribution < 1.29 is 19.5 Å². The highest BCUT2D eigenvalue weighted by molar-refractivity contribution is 6.06. The lowest BCUT2D eigenvalue weighted by Crippen LogP contribution is -2.34. The average molecular weight is 458 g/mol. The van der Waals surface area contributed by atoms with Gasteiger partial charge >= 0.3 is 5.97 Å². The summed E-state index contributed by atoms with van der Waals surface area (Å²) in [5.74, 6) is -0.826. The van der Waals surface area contributed by atoms with Crippen LogP contribution in [0, 0.1) is 0 Å². The molecule has 32 heavy (non-hydrogen) atoms. The SMILES string of the molecule is CC(CC(=O)O)N1Cc2ccc(NC(=O)c3ccc(C4CCNCC4)cc3)cc2C1=O.Cl. The van der Waals surface area contributed by atoms with Gasteiger partial charge in [0.05, 0.1) is 6.42 Å². The first-order valence-corrected chi connectivity index (χ1v) is 10.7. The van der Waals surface area contributed by atoms with Gasteiger partial charge in [0.2, 0.25) is 0 Å². The third-order valence-corrected chi connectivity index (χ3v) is 6.19. The molecular formula is C24H28ClN3O4. The summed E-state index contributed by atoms with van der Waals surface area (Å²) in [6.07, 6.45) is 2.12. The summed E-state index contributed by atoms with van der Waals surface area (Å²) in [6.45, 7) is 4.16. The number of benzene rings is 2. The van der Waals surface area contributed by atoms with Crippen LogP contribution in [0.2, 0.25) is 0 Å². The van der Waals surface area contributed by atoms with Crippen LogP contribution in [0.4, 0.5) is 5.69 Å². The van der Waals surface area contributed by atoms with Crippen molar-refractivity contribution in [3.63, 3.8) is 0 Å². The van der Waals surface area contributed by atoms with Crippen molar-refractivity contribution in [2.24, 2.45) is 0 Å². The summed E-state index contributed by atoms with van der Waals surface area (Å²) in [4.78, 5) is 38.0. The van der Waals surface area contributed by atoms with Crippen molar-refractivity contribution >= 4 is 35.9 Å². The molecule has 1 saturated heterocycles. The van der Waals surface area contributed by atoms with Crippen LogP contribution in [0.3, 0.4) is 0 Å². The molecule has 2 aromatic rings. The number of piperidine rings is 1. The molecular weight excluding hydrogens is 430 g/mol. The van der Waals surface area contributed by atoms with Crippen molar-refractivity contribution in [2.45, 2.75) is 44.7 Å². The Labute approximate surface area is 193 Å². The number of halogens is 1. The fourth-order valence-electron chi connectivity index (χ4n) is 4.39. The third kappa shape index (κ3) is 5.11. The van der Waals surface area contributed by atoms with Gasteiger partial charge in [0, 0.05) is 29.4 Å². The molecule has 4 rings (SSSR count). The van der Waals surface area contributed by atoms with Gasteiger partial charge in [0.1, 0.15) is 0 Å². The largest absolute Gasteiger partial charge is 0.481 e. The molecule has 2 aliphatic rings. The highest BCUT2D eigenvalue weighted by Crippen LogP contribution is 2.29. The topological polar surface area (TPSA) is 98.7 Å². The molecule has 7 nitrogen and oxygen atoms in total. The normalized spacial score (nSPS) is 16.8. The van der Waals surface area contributed by atoms with E-state index in [-0.39, 0.29) is 30.6 Å². The van der Waals surface area contributed by atoms with Gasteiger partial charge in [-0.1, -0.05) is 18.2 Å². The molecule has 3 N–H and O–H groups in total. The zero-order valence-electron chi connectivity index (χ0n) is 18.0. The smallest absolute Gasteiger partial charge is 0.305 e. The van der Waals surface area contributed by atoms with Crippen LogP contribution in [-0.4, -0.2) is 46.9 Å². The van der Waals surface area contributed by atoms with Gasteiger partial charge in [-0.2, -0.15) is 0 Å². The van der Waals surface area contributed by atoms with Gasteiger partial charge in [0.15, 0.2) is 0 Å². The zero-order valence-corrected chi connectivity index (χ0v) is 18.8. The number of anilines is 1. The van der Waals surface area contributed by atoms with Gasteiger partial charge in [-0.25, -0.2) is 0 Å². The number of aliphatic carboxylic acids is 1. The van der Waals surface area contributed by atoms with Gasteiger partial charge in [-0.05, 0) is 74.2 Å². The number of rotatable bonds is 6. The molecule has 0 spiro atoms. The molecule has 8 heteroatoms. The van der Waals surface area contributed by atoms with E-state index in [0.717, 1.165) is 31.5 Å². The molecule has 1 atom stereocenters. The van der Waals surface area contributed by atoms with Crippen LogP contribution in [-0.2, 0) is 11.3 Å². The molecule has 0 radical (unpaired) electrons. The molecule has 2 amide bonds. The number of hydrogen-bond acceptors (Lipinski definition) is 4. The number of carbonyl (C=O) groups excluding carboxylic acids is 2. The molecule has 170 valence electrons. The van der Waals surface area contributed by atoms with Crippen LogP contribution in [0.25, 0.3) is 0 Å². The Kier molecular flexibility index (Phi) is 7.53. The van der Waals surface area contributed by atoms with E-state index in [1.54, 1.807) is 24.0 Å². The maximum atomic E-state index is 12.7. The number of carboxylic acids is 1. The minimum absolute atomic E-state index is 0. The number of carboxylic acid groups (broad SMARTS) is 1. The van der Waals surface area contributed by atoms with E-state index in [4.69, 9.17) is 5.11 Å². The molecule has 2 aliphatic heterocycles. The van der Waals surface area contributed by atoms with Crippen LogP contribution >= 0.6 is 12.4 Å². The third-order valence-electron chi connectivity index (χ3n) is 6.19. The second-order valence-electron chi connectivity index (χ2n) is 8.35. The summed E-state index contributed by atoms with van der Waals surface area (Å²) in [7, 11) is 0. The second-order valence-corrected chi connectivity index (χ2v) is 8.35. The molecule has 0 aliphatic carbocycles. The zero-order chi connectivity index (χ0) is 22.0. The first-order chi connectivity index (χ1) is 14.9. The molecule has 2 heterocycles. The highest BCUT2D eigenvalue weighted by atomic mass is 35.5. The van der Waals surface area contributed by atoms with E-state index in [2.05, 4.69) is 10.6 Å². The minimum atomic E-state index is -0.935. The monoisotopic (exact) mass is 457 g/mol. The maximum Gasteiger partial charge on any atom is 0.305 e. The fraction of sp³-hybridized carbons (Fsp3) is 0.375. The Hall–Kier alpha value is -2.90. The predicted octanol–water partition coefficient (Wildman–Crippen LogP) is 3.65. The van der Waals surface area contributed by atoms with Gasteiger partial charge in [0.25, 0.3) is 11.8 Å². The van der Waals surface area contributed by atoms with E-state index in [0.29, 0.717) is 29.3 Å². The lowest BCUT2D eigenvalue weighted by Gasteiger charge is -2.23. The molecule has 2 aromatic carbocycles. The van der Waals surface area contributed by atoms with Crippen LogP contribution < -0.4 is 10.6 Å². The molecule has 1 fully saturated rings. The van der Waals surface area contributed by atoms with Gasteiger partial charge in [-0.15, -0.1) is 12.4 Å². The Balaban J connectivity index is 0.00000289. The highest BCUT2D eigenvalue weighted by Gasteiger charge is 2.31.